The van der Waals surface area contributed by atoms with Gasteiger partial charge in [0.2, 0.25) is 11.0 Å². The predicted molar refractivity (Wildman–Crippen MR) is 101 cm³/mol. The lowest BCUT2D eigenvalue weighted by atomic mass is 9.83. The Morgan fingerprint density at radius 2 is 2.22 bits per heavy atom. The first-order chi connectivity index (χ1) is 13.1. The molecule has 1 saturated carbocycles. The number of nitrogens with zero attached hydrogens (tertiary/aromatic N) is 3. The average Bonchev–Trinajstić information content (AvgIpc) is 3.28. The normalized spacial score (nSPS) is 22.6. The summed E-state index contributed by atoms with van der Waals surface area (Å²) >= 11 is 1.51. The molecule has 1 aliphatic carbocycles. The van der Waals surface area contributed by atoms with Gasteiger partial charge in [0.1, 0.15) is 5.01 Å². The number of ether oxygens (including phenoxy) is 2. The van der Waals surface area contributed by atoms with Crippen LogP contribution in [0.15, 0.2) is 6.07 Å². The molecule has 2 heterocycles. The third-order valence-corrected chi connectivity index (χ3v) is 5.49. The van der Waals surface area contributed by atoms with Crippen molar-refractivity contribution in [3.8, 4) is 0 Å². The molecule has 0 saturated heterocycles. The van der Waals surface area contributed by atoms with Gasteiger partial charge in [-0.3, -0.25) is 9.89 Å². The first-order valence-corrected chi connectivity index (χ1v) is 9.80. The summed E-state index contributed by atoms with van der Waals surface area (Å²) in [7, 11) is 3.33. The van der Waals surface area contributed by atoms with Crippen molar-refractivity contribution in [2.45, 2.75) is 51.5 Å². The maximum Gasteiger partial charge on any atom is 0.223 e. The van der Waals surface area contributed by atoms with Gasteiger partial charge < -0.3 is 20.1 Å². The van der Waals surface area contributed by atoms with Gasteiger partial charge in [-0.25, -0.2) is 0 Å². The Labute approximate surface area is 162 Å². The molecule has 1 amide bonds. The molecule has 0 unspecified atom stereocenters. The van der Waals surface area contributed by atoms with Gasteiger partial charge in [0, 0.05) is 20.1 Å². The zero-order valence-corrected chi connectivity index (χ0v) is 16.6. The van der Waals surface area contributed by atoms with E-state index in [2.05, 4.69) is 31.0 Å². The third kappa shape index (κ3) is 5.24. The van der Waals surface area contributed by atoms with E-state index in [0.717, 1.165) is 34.4 Å². The molecule has 148 valence electrons. The summed E-state index contributed by atoms with van der Waals surface area (Å²) in [5, 5.41) is 23.3. The summed E-state index contributed by atoms with van der Waals surface area (Å²) in [6.45, 7) is 2.79. The van der Waals surface area contributed by atoms with E-state index in [1.54, 1.807) is 14.2 Å². The van der Waals surface area contributed by atoms with Crippen LogP contribution in [0.2, 0.25) is 0 Å². The van der Waals surface area contributed by atoms with Crippen LogP contribution < -0.4 is 10.6 Å². The molecule has 2 aromatic rings. The number of H-pyrrole nitrogens is 1. The summed E-state index contributed by atoms with van der Waals surface area (Å²) in [4.78, 5) is 12.6. The molecule has 1 fully saturated rings. The number of carbonyl (C=O) groups is 1. The summed E-state index contributed by atoms with van der Waals surface area (Å²) < 4.78 is 10.7. The van der Waals surface area contributed by atoms with E-state index in [9.17, 15) is 4.79 Å². The fourth-order valence-electron chi connectivity index (χ4n) is 3.38. The van der Waals surface area contributed by atoms with Gasteiger partial charge in [-0.2, -0.15) is 5.10 Å². The van der Waals surface area contributed by atoms with E-state index in [1.165, 1.54) is 11.3 Å². The smallest absolute Gasteiger partial charge is 0.223 e. The van der Waals surface area contributed by atoms with Crippen LogP contribution in [0.25, 0.3) is 0 Å². The standard InChI is InChI=1S/C17H26N6O3S/c1-10-20-23-17(27-10)19-14-6-11(4-5-15(14)26-3)16(24)18-8-12-7-13(9-25-2)22-21-12/h7,11,14-15H,4-6,8-9H2,1-3H3,(H,18,24)(H,19,23)(H,21,22)/t11-,14+,15+/m0/s1. The summed E-state index contributed by atoms with van der Waals surface area (Å²) in [5.41, 5.74) is 1.68. The molecule has 2 aromatic heterocycles. The Balaban J connectivity index is 1.54. The van der Waals surface area contributed by atoms with Crippen LogP contribution in [0.5, 0.6) is 0 Å². The van der Waals surface area contributed by atoms with Gasteiger partial charge >= 0.3 is 0 Å². The Hall–Kier alpha value is -2.04. The number of hydrogen-bond donors (Lipinski definition) is 3. The van der Waals surface area contributed by atoms with E-state index in [4.69, 9.17) is 9.47 Å². The largest absolute Gasteiger partial charge is 0.379 e. The number of methoxy groups -OCH3 is 2. The zero-order chi connectivity index (χ0) is 19.2. The first kappa shape index (κ1) is 19.7. The highest BCUT2D eigenvalue weighted by Crippen LogP contribution is 2.29. The topological polar surface area (TPSA) is 114 Å². The molecule has 0 aromatic carbocycles. The minimum Gasteiger partial charge on any atom is -0.379 e. The molecular formula is C17H26N6O3S. The first-order valence-electron chi connectivity index (χ1n) is 8.98. The van der Waals surface area contributed by atoms with Crippen molar-refractivity contribution in [3.05, 3.63) is 22.5 Å². The van der Waals surface area contributed by atoms with Crippen LogP contribution in [0.4, 0.5) is 5.13 Å². The summed E-state index contributed by atoms with van der Waals surface area (Å²) in [6, 6.07) is 1.93. The zero-order valence-electron chi connectivity index (χ0n) is 15.8. The van der Waals surface area contributed by atoms with Gasteiger partial charge in [0.05, 0.1) is 36.7 Å². The number of amides is 1. The van der Waals surface area contributed by atoms with E-state index in [-0.39, 0.29) is 24.0 Å². The van der Waals surface area contributed by atoms with Crippen LogP contribution in [-0.2, 0) is 27.4 Å². The van der Waals surface area contributed by atoms with Crippen LogP contribution in [0.3, 0.4) is 0 Å². The summed E-state index contributed by atoms with van der Waals surface area (Å²) in [5.74, 6) is -0.0167. The minimum absolute atomic E-state index is 0.0345. The van der Waals surface area contributed by atoms with Crippen LogP contribution in [-0.4, -0.2) is 52.7 Å². The second-order valence-electron chi connectivity index (χ2n) is 6.70. The highest BCUT2D eigenvalue weighted by molar-refractivity contribution is 7.15. The fraction of sp³-hybridized carbons (Fsp3) is 0.647. The summed E-state index contributed by atoms with van der Waals surface area (Å²) in [6.07, 6.45) is 2.38. The predicted octanol–water partition coefficient (Wildman–Crippen LogP) is 1.63. The van der Waals surface area contributed by atoms with E-state index in [0.29, 0.717) is 19.6 Å². The van der Waals surface area contributed by atoms with Crippen LogP contribution in [0, 0.1) is 12.8 Å². The van der Waals surface area contributed by atoms with E-state index < -0.39 is 0 Å². The average molecular weight is 395 g/mol. The Morgan fingerprint density at radius 3 is 2.93 bits per heavy atom. The number of hydrogen-bond acceptors (Lipinski definition) is 8. The van der Waals surface area contributed by atoms with Crippen LogP contribution in [0.1, 0.15) is 35.7 Å². The Morgan fingerprint density at radius 1 is 1.37 bits per heavy atom. The quantitative estimate of drug-likeness (QED) is 0.623. The highest BCUT2D eigenvalue weighted by atomic mass is 32.1. The SMILES string of the molecule is COCc1cc(CNC(=O)[C@H]2CC[C@@H](OC)[C@H](Nc3nnc(C)s3)C2)[nH]n1. The molecule has 27 heavy (non-hydrogen) atoms. The molecule has 0 radical (unpaired) electrons. The van der Waals surface area contributed by atoms with Gasteiger partial charge in [-0.1, -0.05) is 11.3 Å². The number of rotatable bonds is 8. The lowest BCUT2D eigenvalue weighted by Crippen LogP contribution is -2.44. The number of anilines is 1. The molecule has 3 rings (SSSR count). The molecule has 0 aliphatic heterocycles. The van der Waals surface area contributed by atoms with Gasteiger partial charge in [-0.05, 0) is 32.3 Å². The molecule has 10 heteroatoms. The van der Waals surface area contributed by atoms with Crippen molar-refractivity contribution in [2.75, 3.05) is 19.5 Å². The maximum absolute atomic E-state index is 12.6. The number of carbonyl (C=O) groups excluding carboxylic acids is 1. The highest BCUT2D eigenvalue weighted by Gasteiger charge is 2.34. The number of aromatic nitrogens is 4. The molecular weight excluding hydrogens is 368 g/mol. The maximum atomic E-state index is 12.6. The second kappa shape index (κ2) is 9.25. The van der Waals surface area contributed by atoms with Crippen molar-refractivity contribution in [1.29, 1.82) is 0 Å². The van der Waals surface area contributed by atoms with E-state index >= 15 is 0 Å². The van der Waals surface area contributed by atoms with Gasteiger partial charge in [0.25, 0.3) is 0 Å². The van der Waals surface area contributed by atoms with Crippen molar-refractivity contribution in [1.82, 2.24) is 25.7 Å². The lowest BCUT2D eigenvalue weighted by Gasteiger charge is -2.35. The Bertz CT molecular complexity index is 749. The third-order valence-electron chi connectivity index (χ3n) is 4.72. The molecule has 3 atom stereocenters. The fourth-order valence-corrected chi connectivity index (χ4v) is 4.03. The van der Waals surface area contributed by atoms with E-state index in [1.807, 2.05) is 13.0 Å². The minimum atomic E-state index is -0.0655. The second-order valence-corrected chi connectivity index (χ2v) is 7.88. The van der Waals surface area contributed by atoms with Crippen molar-refractivity contribution in [3.63, 3.8) is 0 Å². The monoisotopic (exact) mass is 394 g/mol. The Kier molecular flexibility index (Phi) is 6.75. The lowest BCUT2D eigenvalue weighted by molar-refractivity contribution is -0.127. The number of nitrogens with one attached hydrogen (secondary N) is 3. The van der Waals surface area contributed by atoms with Gasteiger partial charge in [0.15, 0.2) is 0 Å². The van der Waals surface area contributed by atoms with Crippen LogP contribution >= 0.6 is 11.3 Å². The number of aromatic amines is 1. The molecule has 0 spiro atoms. The van der Waals surface area contributed by atoms with Crippen molar-refractivity contribution in [2.24, 2.45) is 5.92 Å². The molecule has 0 bridgehead atoms. The molecule has 9 nitrogen and oxygen atoms in total. The van der Waals surface area contributed by atoms with Crippen molar-refractivity contribution >= 4 is 22.4 Å². The molecule has 3 N–H and O–H groups in total. The van der Waals surface area contributed by atoms with Gasteiger partial charge in [-0.15, -0.1) is 10.2 Å². The van der Waals surface area contributed by atoms with Crippen molar-refractivity contribution < 1.29 is 14.3 Å². The number of aryl methyl sites for hydroxylation is 1. The molecule has 1 aliphatic rings.